The molecule has 25 heavy (non-hydrogen) atoms. The first-order chi connectivity index (χ1) is 11.3. The number of hydrogen-bond donors (Lipinski definition) is 1. The predicted molar refractivity (Wildman–Crippen MR) is 114 cm³/mol. The number of nitrogens with one attached hydrogen (secondary N) is 1. The monoisotopic (exact) mass is 406 g/mol. The highest BCUT2D eigenvalue weighted by Crippen LogP contribution is 2.37. The fraction of sp³-hybridized carbons (Fsp3) is 0.700. The third-order valence-corrected chi connectivity index (χ3v) is 6.18. The van der Waals surface area contributed by atoms with Crippen molar-refractivity contribution < 1.29 is 0 Å². The van der Waals surface area contributed by atoms with E-state index in [0.717, 1.165) is 10.9 Å². The Morgan fingerprint density at radius 1 is 1.08 bits per heavy atom. The van der Waals surface area contributed by atoms with E-state index < -0.39 is 0 Å². The summed E-state index contributed by atoms with van der Waals surface area (Å²) in [6.07, 6.45) is 9.58. The van der Waals surface area contributed by atoms with Gasteiger partial charge in [0.05, 0.1) is 0 Å². The van der Waals surface area contributed by atoms with Gasteiger partial charge < -0.3 is 10.2 Å². The number of nitrogens with zero attached hydrogens (tertiary/aromatic N) is 1. The SMILES string of the molecule is CNC1CCN(C[C@H](c2cccc(Cl)c2)C2CCCCC2)CC1.Cl.Cl. The minimum Gasteiger partial charge on any atom is -0.317 e. The lowest BCUT2D eigenvalue weighted by molar-refractivity contribution is 0.164. The van der Waals surface area contributed by atoms with Crippen molar-refractivity contribution in [1.29, 1.82) is 0 Å². The van der Waals surface area contributed by atoms with Crippen LogP contribution in [0.2, 0.25) is 5.02 Å². The summed E-state index contributed by atoms with van der Waals surface area (Å²) in [6.45, 7) is 3.67. The highest BCUT2D eigenvalue weighted by Gasteiger charge is 2.28. The third-order valence-electron chi connectivity index (χ3n) is 5.95. The normalized spacial score (nSPS) is 21.2. The summed E-state index contributed by atoms with van der Waals surface area (Å²) in [5.41, 5.74) is 1.46. The molecule has 0 bridgehead atoms. The van der Waals surface area contributed by atoms with Gasteiger partial charge in [0.2, 0.25) is 0 Å². The Labute approximate surface area is 170 Å². The Morgan fingerprint density at radius 2 is 1.76 bits per heavy atom. The Balaban J connectivity index is 0.00000156. The molecule has 0 aromatic heterocycles. The zero-order valence-corrected chi connectivity index (χ0v) is 17.6. The van der Waals surface area contributed by atoms with Gasteiger partial charge >= 0.3 is 0 Å². The summed E-state index contributed by atoms with van der Waals surface area (Å²) in [6, 6.07) is 9.35. The minimum absolute atomic E-state index is 0. The third kappa shape index (κ3) is 6.59. The van der Waals surface area contributed by atoms with E-state index in [2.05, 4.69) is 35.5 Å². The highest BCUT2D eigenvalue weighted by atomic mass is 35.5. The second-order valence-electron chi connectivity index (χ2n) is 7.42. The van der Waals surface area contributed by atoms with Crippen LogP contribution >= 0.6 is 36.4 Å². The molecule has 1 saturated carbocycles. The maximum Gasteiger partial charge on any atom is 0.0408 e. The van der Waals surface area contributed by atoms with Gasteiger partial charge in [-0.05, 0) is 75.4 Å². The molecule has 1 aromatic carbocycles. The van der Waals surface area contributed by atoms with E-state index in [1.807, 2.05) is 6.07 Å². The fourth-order valence-electron chi connectivity index (χ4n) is 4.48. The molecule has 1 atom stereocenters. The van der Waals surface area contributed by atoms with E-state index in [9.17, 15) is 0 Å². The van der Waals surface area contributed by atoms with Crippen molar-refractivity contribution in [2.24, 2.45) is 5.92 Å². The standard InChI is InChI=1S/C20H31ClN2.2ClH/c1-22-19-10-12-23(13-11-19)15-20(16-6-3-2-4-7-16)17-8-5-9-18(21)14-17;;/h5,8-9,14,16,19-20,22H,2-4,6-7,10-13,15H2,1H3;2*1H/t20-;;/m0../s1. The molecule has 2 nitrogen and oxygen atoms in total. The summed E-state index contributed by atoms with van der Waals surface area (Å²) < 4.78 is 0. The minimum atomic E-state index is 0. The summed E-state index contributed by atoms with van der Waals surface area (Å²) >= 11 is 6.29. The quantitative estimate of drug-likeness (QED) is 0.690. The van der Waals surface area contributed by atoms with Gasteiger partial charge in [-0.1, -0.05) is 43.0 Å². The van der Waals surface area contributed by atoms with Crippen LogP contribution in [-0.2, 0) is 0 Å². The van der Waals surface area contributed by atoms with Gasteiger partial charge in [0.15, 0.2) is 0 Å². The second kappa shape index (κ2) is 11.7. The van der Waals surface area contributed by atoms with Crippen molar-refractivity contribution in [3.05, 3.63) is 34.9 Å². The summed E-state index contributed by atoms with van der Waals surface area (Å²) in [5.74, 6) is 1.49. The van der Waals surface area contributed by atoms with E-state index >= 15 is 0 Å². The average molecular weight is 408 g/mol. The molecular weight excluding hydrogens is 375 g/mol. The molecule has 2 fully saturated rings. The summed E-state index contributed by atoms with van der Waals surface area (Å²) in [4.78, 5) is 2.69. The summed E-state index contributed by atoms with van der Waals surface area (Å²) in [5, 5.41) is 4.32. The molecule has 2 aliphatic rings. The zero-order chi connectivity index (χ0) is 16.1. The van der Waals surface area contributed by atoms with Crippen LogP contribution in [0.3, 0.4) is 0 Å². The van der Waals surface area contributed by atoms with Gasteiger partial charge in [0.1, 0.15) is 0 Å². The van der Waals surface area contributed by atoms with Crippen LogP contribution in [0.15, 0.2) is 24.3 Å². The van der Waals surface area contributed by atoms with Gasteiger partial charge in [-0.25, -0.2) is 0 Å². The molecule has 3 rings (SSSR count). The largest absolute Gasteiger partial charge is 0.317 e. The summed E-state index contributed by atoms with van der Waals surface area (Å²) in [7, 11) is 2.09. The van der Waals surface area contributed by atoms with E-state index in [1.165, 1.54) is 70.1 Å². The number of benzene rings is 1. The van der Waals surface area contributed by atoms with Crippen molar-refractivity contribution in [2.75, 3.05) is 26.7 Å². The Hall–Kier alpha value is 0.01000. The number of halogens is 3. The molecule has 1 aliphatic heterocycles. The van der Waals surface area contributed by atoms with E-state index in [0.29, 0.717) is 12.0 Å². The van der Waals surface area contributed by atoms with Crippen molar-refractivity contribution >= 4 is 36.4 Å². The second-order valence-corrected chi connectivity index (χ2v) is 7.86. The highest BCUT2D eigenvalue weighted by molar-refractivity contribution is 6.30. The maximum atomic E-state index is 6.29. The first kappa shape index (κ1) is 23.0. The molecule has 0 unspecified atom stereocenters. The smallest absolute Gasteiger partial charge is 0.0408 e. The van der Waals surface area contributed by atoms with Crippen LogP contribution in [-0.4, -0.2) is 37.6 Å². The van der Waals surface area contributed by atoms with Crippen LogP contribution in [0.25, 0.3) is 0 Å². The Bertz CT molecular complexity index is 484. The molecule has 1 aliphatic carbocycles. The topological polar surface area (TPSA) is 15.3 Å². The van der Waals surface area contributed by atoms with E-state index in [-0.39, 0.29) is 24.8 Å². The molecular formula is C20H33Cl3N2. The van der Waals surface area contributed by atoms with Crippen molar-refractivity contribution in [3.8, 4) is 0 Å². The van der Waals surface area contributed by atoms with Crippen molar-refractivity contribution in [1.82, 2.24) is 10.2 Å². The molecule has 144 valence electrons. The first-order valence-corrected chi connectivity index (χ1v) is 9.79. The zero-order valence-electron chi connectivity index (χ0n) is 15.3. The molecule has 1 heterocycles. The molecule has 0 spiro atoms. The Kier molecular flexibility index (Phi) is 10.8. The lowest BCUT2D eigenvalue weighted by atomic mass is 9.76. The van der Waals surface area contributed by atoms with Crippen LogP contribution in [0.1, 0.15) is 56.4 Å². The van der Waals surface area contributed by atoms with Gasteiger partial charge in [-0.15, -0.1) is 24.8 Å². The number of piperidine rings is 1. The van der Waals surface area contributed by atoms with E-state index in [4.69, 9.17) is 11.6 Å². The predicted octanol–water partition coefficient (Wildman–Crippen LogP) is 5.53. The van der Waals surface area contributed by atoms with Crippen LogP contribution in [0, 0.1) is 5.92 Å². The molecule has 0 radical (unpaired) electrons. The van der Waals surface area contributed by atoms with Gasteiger partial charge in [-0.2, -0.15) is 0 Å². The average Bonchev–Trinajstić information content (AvgIpc) is 2.61. The molecule has 5 heteroatoms. The first-order valence-electron chi connectivity index (χ1n) is 9.41. The van der Waals surface area contributed by atoms with Gasteiger partial charge in [0, 0.05) is 17.6 Å². The molecule has 1 saturated heterocycles. The maximum absolute atomic E-state index is 6.29. The lowest BCUT2D eigenvalue weighted by Crippen LogP contribution is -2.43. The van der Waals surface area contributed by atoms with Crippen molar-refractivity contribution in [3.63, 3.8) is 0 Å². The molecule has 0 amide bonds. The van der Waals surface area contributed by atoms with Gasteiger partial charge in [-0.3, -0.25) is 0 Å². The van der Waals surface area contributed by atoms with Gasteiger partial charge in [0.25, 0.3) is 0 Å². The molecule has 1 N–H and O–H groups in total. The van der Waals surface area contributed by atoms with Crippen LogP contribution in [0.5, 0.6) is 0 Å². The number of hydrogen-bond acceptors (Lipinski definition) is 2. The van der Waals surface area contributed by atoms with E-state index in [1.54, 1.807) is 0 Å². The number of rotatable bonds is 5. The van der Waals surface area contributed by atoms with Crippen molar-refractivity contribution in [2.45, 2.75) is 56.9 Å². The number of likely N-dealkylation sites (tertiary alicyclic amines) is 1. The van der Waals surface area contributed by atoms with Crippen LogP contribution in [0.4, 0.5) is 0 Å². The Morgan fingerprint density at radius 3 is 2.36 bits per heavy atom. The fourth-order valence-corrected chi connectivity index (χ4v) is 4.68. The van der Waals surface area contributed by atoms with Crippen LogP contribution < -0.4 is 5.32 Å². The lowest BCUT2D eigenvalue weighted by Gasteiger charge is -2.38. The molecule has 1 aromatic rings.